The second-order valence-electron chi connectivity index (χ2n) is 4.38. The van der Waals surface area contributed by atoms with Crippen molar-refractivity contribution >= 4 is 15.9 Å². The van der Waals surface area contributed by atoms with Gasteiger partial charge in [-0.1, -0.05) is 18.2 Å². The van der Waals surface area contributed by atoms with Crippen LogP contribution in [0.4, 0.5) is 0 Å². The minimum absolute atomic E-state index is 0.286. The molecule has 0 fully saturated rings. The Morgan fingerprint density at radius 2 is 1.81 bits per heavy atom. The molecule has 0 aliphatic rings. The third-order valence-corrected chi connectivity index (χ3v) is 3.73. The Hall–Kier alpha value is -1.72. The van der Waals surface area contributed by atoms with Crippen molar-refractivity contribution in [1.82, 2.24) is 0 Å². The third-order valence-electron chi connectivity index (χ3n) is 3.11. The van der Waals surface area contributed by atoms with Gasteiger partial charge in [0.15, 0.2) is 0 Å². The van der Waals surface area contributed by atoms with Crippen molar-refractivity contribution in [1.29, 1.82) is 0 Å². The van der Waals surface area contributed by atoms with E-state index in [4.69, 9.17) is 19.9 Å². The number of para-hydroxylation sites is 1. The van der Waals surface area contributed by atoms with Crippen LogP contribution < -0.4 is 19.9 Å². The molecule has 0 amide bonds. The Kier molecular flexibility index (Phi) is 5.47. The average molecular weight is 352 g/mol. The lowest BCUT2D eigenvalue weighted by Crippen LogP contribution is -2.19. The van der Waals surface area contributed by atoms with Gasteiger partial charge >= 0.3 is 0 Å². The fourth-order valence-corrected chi connectivity index (χ4v) is 2.48. The smallest absolute Gasteiger partial charge is 0.139 e. The quantitative estimate of drug-likeness (QED) is 0.864. The Balaban J connectivity index is 2.27. The van der Waals surface area contributed by atoms with E-state index in [2.05, 4.69) is 15.9 Å². The molecule has 2 rings (SSSR count). The lowest BCUT2D eigenvalue weighted by Gasteiger charge is -2.21. The van der Waals surface area contributed by atoms with Crippen molar-refractivity contribution in [2.45, 2.75) is 6.10 Å². The van der Waals surface area contributed by atoms with Crippen molar-refractivity contribution in [3.05, 3.63) is 52.5 Å². The van der Waals surface area contributed by atoms with Gasteiger partial charge in [-0.05, 0) is 40.2 Å². The number of halogens is 1. The first-order chi connectivity index (χ1) is 10.2. The zero-order valence-electron chi connectivity index (χ0n) is 12.0. The number of ether oxygens (including phenoxy) is 3. The lowest BCUT2D eigenvalue weighted by molar-refractivity contribution is 0.207. The molecule has 1 unspecified atom stereocenters. The molecule has 4 nitrogen and oxygen atoms in total. The first kappa shape index (κ1) is 15.7. The Labute approximate surface area is 132 Å². The van der Waals surface area contributed by atoms with Gasteiger partial charge in [0, 0.05) is 12.1 Å². The van der Waals surface area contributed by atoms with Crippen molar-refractivity contribution in [2.75, 3.05) is 20.8 Å². The first-order valence-electron chi connectivity index (χ1n) is 6.52. The SMILES string of the molecule is COc1ccc(OC(CN)c2ccccc2OC)c(Br)c1. The highest BCUT2D eigenvalue weighted by molar-refractivity contribution is 9.10. The largest absolute Gasteiger partial charge is 0.497 e. The summed E-state index contributed by atoms with van der Waals surface area (Å²) in [4.78, 5) is 0. The van der Waals surface area contributed by atoms with Crippen LogP contribution in [0.1, 0.15) is 11.7 Å². The molecule has 0 saturated heterocycles. The molecule has 0 heterocycles. The monoisotopic (exact) mass is 351 g/mol. The van der Waals surface area contributed by atoms with Crippen LogP contribution in [0.2, 0.25) is 0 Å². The van der Waals surface area contributed by atoms with Gasteiger partial charge in [0.25, 0.3) is 0 Å². The van der Waals surface area contributed by atoms with E-state index in [0.29, 0.717) is 12.3 Å². The maximum atomic E-state index is 6.02. The second-order valence-corrected chi connectivity index (χ2v) is 5.23. The van der Waals surface area contributed by atoms with Crippen molar-refractivity contribution in [2.24, 2.45) is 5.73 Å². The summed E-state index contributed by atoms with van der Waals surface area (Å²) in [7, 11) is 3.26. The van der Waals surface area contributed by atoms with E-state index in [1.165, 1.54) is 0 Å². The van der Waals surface area contributed by atoms with Crippen LogP contribution in [-0.4, -0.2) is 20.8 Å². The Bertz CT molecular complexity index is 604. The van der Waals surface area contributed by atoms with Gasteiger partial charge in [-0.15, -0.1) is 0 Å². The molecule has 0 aliphatic carbocycles. The molecule has 0 radical (unpaired) electrons. The summed E-state index contributed by atoms with van der Waals surface area (Å²) in [5, 5.41) is 0. The van der Waals surface area contributed by atoms with E-state index in [1.807, 2.05) is 42.5 Å². The molecule has 112 valence electrons. The predicted octanol–water partition coefficient (Wildman–Crippen LogP) is 3.55. The number of nitrogens with two attached hydrogens (primary N) is 1. The second kappa shape index (κ2) is 7.33. The van der Waals surface area contributed by atoms with Crippen LogP contribution in [-0.2, 0) is 0 Å². The highest BCUT2D eigenvalue weighted by Gasteiger charge is 2.17. The minimum atomic E-state index is -0.286. The first-order valence-corrected chi connectivity index (χ1v) is 7.32. The molecule has 2 aromatic rings. The molecule has 2 N–H and O–H groups in total. The van der Waals surface area contributed by atoms with Gasteiger partial charge in [-0.2, -0.15) is 0 Å². The van der Waals surface area contributed by atoms with E-state index >= 15 is 0 Å². The molecule has 0 aliphatic heterocycles. The average Bonchev–Trinajstić information content (AvgIpc) is 2.53. The number of benzene rings is 2. The predicted molar refractivity (Wildman–Crippen MR) is 86.1 cm³/mol. The van der Waals surface area contributed by atoms with Crippen molar-refractivity contribution < 1.29 is 14.2 Å². The molecule has 2 aromatic carbocycles. The van der Waals surface area contributed by atoms with Gasteiger partial charge in [-0.3, -0.25) is 0 Å². The van der Waals surface area contributed by atoms with Gasteiger partial charge in [0.1, 0.15) is 23.4 Å². The van der Waals surface area contributed by atoms with Gasteiger partial charge < -0.3 is 19.9 Å². The lowest BCUT2D eigenvalue weighted by atomic mass is 10.1. The standard InChI is InChI=1S/C16H18BrNO3/c1-19-11-7-8-15(13(17)9-11)21-16(10-18)12-5-3-4-6-14(12)20-2/h3-9,16H,10,18H2,1-2H3. The fourth-order valence-electron chi connectivity index (χ4n) is 2.03. The van der Waals surface area contributed by atoms with Gasteiger partial charge in [0.2, 0.25) is 0 Å². The van der Waals surface area contributed by atoms with Gasteiger partial charge in [0.05, 0.1) is 18.7 Å². The zero-order chi connectivity index (χ0) is 15.2. The van der Waals surface area contributed by atoms with E-state index in [1.54, 1.807) is 14.2 Å². The summed E-state index contributed by atoms with van der Waals surface area (Å²) in [6.45, 7) is 0.346. The van der Waals surface area contributed by atoms with Gasteiger partial charge in [-0.25, -0.2) is 0 Å². The maximum Gasteiger partial charge on any atom is 0.139 e. The molecule has 0 saturated carbocycles. The number of hydrogen-bond acceptors (Lipinski definition) is 4. The van der Waals surface area contributed by atoms with E-state index in [9.17, 15) is 0 Å². The summed E-state index contributed by atoms with van der Waals surface area (Å²) in [6.07, 6.45) is -0.286. The van der Waals surface area contributed by atoms with Crippen LogP contribution in [0.25, 0.3) is 0 Å². The number of rotatable bonds is 6. The molecule has 0 bridgehead atoms. The highest BCUT2D eigenvalue weighted by atomic mass is 79.9. The van der Waals surface area contributed by atoms with Crippen LogP contribution in [0.3, 0.4) is 0 Å². The summed E-state index contributed by atoms with van der Waals surface area (Å²) >= 11 is 3.48. The van der Waals surface area contributed by atoms with E-state index < -0.39 is 0 Å². The molecule has 1 atom stereocenters. The Morgan fingerprint density at radius 3 is 2.43 bits per heavy atom. The Morgan fingerprint density at radius 1 is 1.05 bits per heavy atom. The van der Waals surface area contributed by atoms with Crippen molar-refractivity contribution in [3.8, 4) is 17.2 Å². The van der Waals surface area contributed by atoms with E-state index in [0.717, 1.165) is 21.5 Å². The molecule has 0 spiro atoms. The number of methoxy groups -OCH3 is 2. The third kappa shape index (κ3) is 3.68. The molecular weight excluding hydrogens is 334 g/mol. The summed E-state index contributed by atoms with van der Waals surface area (Å²) in [5.74, 6) is 2.23. The minimum Gasteiger partial charge on any atom is -0.497 e. The molecular formula is C16H18BrNO3. The molecule has 21 heavy (non-hydrogen) atoms. The summed E-state index contributed by atoms with van der Waals surface area (Å²) in [5.41, 5.74) is 6.78. The van der Waals surface area contributed by atoms with Crippen LogP contribution in [0.15, 0.2) is 46.9 Å². The fraction of sp³-hybridized carbons (Fsp3) is 0.250. The van der Waals surface area contributed by atoms with Crippen LogP contribution in [0.5, 0.6) is 17.2 Å². The van der Waals surface area contributed by atoms with Crippen molar-refractivity contribution in [3.63, 3.8) is 0 Å². The molecule has 5 heteroatoms. The van der Waals surface area contributed by atoms with Crippen LogP contribution >= 0.6 is 15.9 Å². The summed E-state index contributed by atoms with van der Waals surface area (Å²) in [6, 6.07) is 13.2. The topological polar surface area (TPSA) is 53.7 Å². The van der Waals surface area contributed by atoms with Crippen LogP contribution in [0, 0.1) is 0 Å². The highest BCUT2D eigenvalue weighted by Crippen LogP contribution is 2.34. The number of hydrogen-bond donors (Lipinski definition) is 1. The zero-order valence-corrected chi connectivity index (χ0v) is 13.6. The van der Waals surface area contributed by atoms with E-state index in [-0.39, 0.29) is 6.10 Å². The maximum absolute atomic E-state index is 6.02. The normalized spacial score (nSPS) is 11.8. The summed E-state index contributed by atoms with van der Waals surface area (Å²) < 4.78 is 17.4. The molecule has 0 aromatic heterocycles.